The Hall–Kier alpha value is -5.43. The van der Waals surface area contributed by atoms with Gasteiger partial charge in [-0.25, -0.2) is 0 Å². The number of non-ortho nitro benzene ring substituents is 2. The molecule has 0 saturated carbocycles. The van der Waals surface area contributed by atoms with Gasteiger partial charge in [0.25, 0.3) is 11.4 Å². The summed E-state index contributed by atoms with van der Waals surface area (Å²) in [4.78, 5) is 20.1. The summed E-state index contributed by atoms with van der Waals surface area (Å²) in [5.74, 6) is -0.812. The van der Waals surface area contributed by atoms with Crippen LogP contribution in [0.3, 0.4) is 0 Å². The standard InChI is InChI=1S/2C16H11N3O4.Cr.Na/c2*20-14-8-5-10-3-1-2-4-12(10)16(14)18-17-13-7-6-11(19(22)23)9-15(13)21;;/h2*1-9,20-21H;;/q;;;+1. The predicted octanol–water partition coefficient (Wildman–Crippen LogP) is 6.15. The van der Waals surface area contributed by atoms with Crippen LogP contribution >= 0.6 is 0 Å². The van der Waals surface area contributed by atoms with Crippen LogP contribution in [0.25, 0.3) is 21.5 Å². The zero-order valence-corrected chi connectivity index (χ0v) is 28.2. The molecule has 6 aromatic rings. The fourth-order valence-electron chi connectivity index (χ4n) is 4.33. The molecule has 0 spiro atoms. The minimum atomic E-state index is -0.614. The topological polar surface area (TPSA) is 217 Å². The van der Waals surface area contributed by atoms with Gasteiger partial charge in [0.1, 0.15) is 45.7 Å². The Morgan fingerprint density at radius 3 is 1.21 bits per heavy atom. The van der Waals surface area contributed by atoms with E-state index in [1.807, 2.05) is 36.4 Å². The van der Waals surface area contributed by atoms with Crippen LogP contribution in [-0.4, -0.2) is 30.3 Å². The van der Waals surface area contributed by atoms with Crippen LogP contribution in [0.4, 0.5) is 34.1 Å². The van der Waals surface area contributed by atoms with Gasteiger partial charge in [0.15, 0.2) is 0 Å². The van der Waals surface area contributed by atoms with Crippen molar-refractivity contribution >= 4 is 55.7 Å². The number of nitro benzene ring substituents is 2. The van der Waals surface area contributed by atoms with Crippen LogP contribution in [0, 0.1) is 20.2 Å². The third-order valence-electron chi connectivity index (χ3n) is 6.61. The molecule has 48 heavy (non-hydrogen) atoms. The number of nitro groups is 2. The number of nitrogens with zero attached hydrogens (tertiary/aromatic N) is 6. The van der Waals surface area contributed by atoms with Crippen LogP contribution in [0.2, 0.25) is 0 Å². The molecule has 0 radical (unpaired) electrons. The molecule has 234 valence electrons. The molecule has 14 nitrogen and oxygen atoms in total. The summed E-state index contributed by atoms with van der Waals surface area (Å²) in [5.41, 5.74) is 0.191. The smallest absolute Gasteiger partial charge is 0.506 e. The van der Waals surface area contributed by atoms with E-state index < -0.39 is 9.85 Å². The number of rotatable bonds is 6. The first-order chi connectivity index (χ1) is 22.1. The zero-order valence-electron chi connectivity index (χ0n) is 24.9. The third-order valence-corrected chi connectivity index (χ3v) is 6.61. The summed E-state index contributed by atoms with van der Waals surface area (Å²) in [7, 11) is 0. The molecule has 4 N–H and O–H groups in total. The van der Waals surface area contributed by atoms with Crippen molar-refractivity contribution in [2.45, 2.75) is 0 Å². The molecule has 0 atom stereocenters. The fraction of sp³-hybridized carbons (Fsp3) is 0. The molecular weight excluding hydrogens is 671 g/mol. The summed E-state index contributed by atoms with van der Waals surface area (Å²) < 4.78 is 0. The van der Waals surface area contributed by atoms with Gasteiger partial charge >= 0.3 is 29.6 Å². The fourth-order valence-corrected chi connectivity index (χ4v) is 4.33. The van der Waals surface area contributed by atoms with Crippen molar-refractivity contribution < 1.29 is 77.2 Å². The molecule has 0 unspecified atom stereocenters. The molecule has 6 aromatic carbocycles. The van der Waals surface area contributed by atoms with Gasteiger partial charge in [-0.05, 0) is 35.0 Å². The van der Waals surface area contributed by atoms with E-state index in [9.17, 15) is 40.7 Å². The zero-order chi connectivity index (χ0) is 32.8. The maximum Gasteiger partial charge on any atom is 1.00 e. The van der Waals surface area contributed by atoms with Crippen molar-refractivity contribution in [1.29, 1.82) is 0 Å². The van der Waals surface area contributed by atoms with Crippen LogP contribution in [0.1, 0.15) is 0 Å². The molecule has 0 saturated heterocycles. The largest absolute Gasteiger partial charge is 1.00 e. The second kappa shape index (κ2) is 16.4. The normalized spacial score (nSPS) is 10.7. The Balaban J connectivity index is 0.000000250. The summed E-state index contributed by atoms with van der Waals surface area (Å²) in [6, 6.07) is 28.2. The molecular formula is C32H22CrN6NaO8+. The molecule has 0 bridgehead atoms. The number of hydrogen-bond donors (Lipinski definition) is 4. The van der Waals surface area contributed by atoms with Crippen molar-refractivity contribution in [3.63, 3.8) is 0 Å². The van der Waals surface area contributed by atoms with Gasteiger partial charge in [-0.3, -0.25) is 20.2 Å². The number of benzene rings is 6. The molecule has 6 rings (SSSR count). The minimum Gasteiger partial charge on any atom is -0.506 e. The second-order valence-electron chi connectivity index (χ2n) is 9.57. The average Bonchev–Trinajstić information content (AvgIpc) is 3.05. The number of fused-ring (bicyclic) bond motifs is 2. The van der Waals surface area contributed by atoms with E-state index >= 15 is 0 Å². The van der Waals surface area contributed by atoms with Gasteiger partial charge < -0.3 is 20.4 Å². The number of hydrogen-bond acceptors (Lipinski definition) is 12. The first kappa shape index (κ1) is 37.0. The number of phenols is 4. The summed E-state index contributed by atoms with van der Waals surface area (Å²) in [5, 5.41) is 79.7. The van der Waals surface area contributed by atoms with Gasteiger partial charge in [0, 0.05) is 40.3 Å². The minimum absolute atomic E-state index is 0. The van der Waals surface area contributed by atoms with Crippen LogP contribution in [-0.2, 0) is 17.4 Å². The summed E-state index contributed by atoms with van der Waals surface area (Å²) in [6.07, 6.45) is 0. The van der Waals surface area contributed by atoms with E-state index in [2.05, 4.69) is 20.5 Å². The summed E-state index contributed by atoms with van der Waals surface area (Å²) >= 11 is 0. The maximum atomic E-state index is 10.6. The first-order valence-electron chi connectivity index (χ1n) is 13.3. The number of azo groups is 2. The van der Waals surface area contributed by atoms with Gasteiger partial charge in [-0.1, -0.05) is 60.7 Å². The van der Waals surface area contributed by atoms with Crippen molar-refractivity contribution in [2.75, 3.05) is 0 Å². The summed E-state index contributed by atoms with van der Waals surface area (Å²) in [6.45, 7) is 0. The van der Waals surface area contributed by atoms with Gasteiger partial charge in [-0.2, -0.15) is 0 Å². The Kier molecular flexibility index (Phi) is 12.7. The van der Waals surface area contributed by atoms with Crippen LogP contribution < -0.4 is 29.6 Å². The van der Waals surface area contributed by atoms with Crippen molar-refractivity contribution in [3.05, 3.63) is 129 Å². The molecule has 0 aromatic heterocycles. The Morgan fingerprint density at radius 1 is 0.479 bits per heavy atom. The second-order valence-corrected chi connectivity index (χ2v) is 9.57. The Labute approximate surface area is 304 Å². The van der Waals surface area contributed by atoms with E-state index in [4.69, 9.17) is 0 Å². The third kappa shape index (κ3) is 8.48. The van der Waals surface area contributed by atoms with Gasteiger partial charge in [-0.15, -0.1) is 20.5 Å². The van der Waals surface area contributed by atoms with E-state index in [0.717, 1.165) is 22.9 Å². The Bertz CT molecular complexity index is 2040. The molecule has 0 aliphatic heterocycles. The SMILES string of the molecule is O=[N+]([O-])c1ccc(N=Nc2c(O)ccc3ccccc23)c(O)c1.O=[N+]([O-])c1ccc(N=Nc2c(O)ccc3ccccc23)c(O)c1.[Cr].[Na+]. The van der Waals surface area contributed by atoms with Gasteiger partial charge in [0.2, 0.25) is 0 Å². The van der Waals surface area contributed by atoms with E-state index in [-0.39, 0.29) is 104 Å². The van der Waals surface area contributed by atoms with Crippen molar-refractivity contribution in [1.82, 2.24) is 0 Å². The molecule has 0 amide bonds. The monoisotopic (exact) mass is 693 g/mol. The van der Waals surface area contributed by atoms with E-state index in [1.165, 1.54) is 36.4 Å². The molecule has 0 heterocycles. The molecule has 0 aliphatic carbocycles. The molecule has 0 aliphatic rings. The van der Waals surface area contributed by atoms with Gasteiger partial charge in [0.05, 0.1) is 22.0 Å². The van der Waals surface area contributed by atoms with Crippen molar-refractivity contribution in [2.24, 2.45) is 20.5 Å². The average molecular weight is 694 g/mol. The number of phenolic OH excluding ortho intramolecular Hbond substituents is 4. The predicted molar refractivity (Wildman–Crippen MR) is 169 cm³/mol. The van der Waals surface area contributed by atoms with Crippen molar-refractivity contribution in [3.8, 4) is 23.0 Å². The first-order valence-corrected chi connectivity index (χ1v) is 13.3. The van der Waals surface area contributed by atoms with Crippen LogP contribution in [0.15, 0.2) is 130 Å². The Morgan fingerprint density at radius 2 is 0.854 bits per heavy atom. The molecule has 0 fully saturated rings. The number of aromatic hydroxyl groups is 4. The molecule has 16 heteroatoms. The quantitative estimate of drug-likeness (QED) is 0.0685. The van der Waals surface area contributed by atoms with E-state index in [0.29, 0.717) is 10.8 Å². The maximum absolute atomic E-state index is 10.6. The van der Waals surface area contributed by atoms with E-state index in [1.54, 1.807) is 24.3 Å². The van der Waals surface area contributed by atoms with Crippen LogP contribution in [0.5, 0.6) is 23.0 Å².